The van der Waals surface area contributed by atoms with Crippen molar-refractivity contribution in [2.75, 3.05) is 7.11 Å². The molecule has 1 aromatic carbocycles. The lowest BCUT2D eigenvalue weighted by Gasteiger charge is -2.11. The third-order valence-electron chi connectivity index (χ3n) is 2.98. The number of rotatable bonds is 3. The van der Waals surface area contributed by atoms with Gasteiger partial charge in [-0.05, 0) is 44.2 Å². The van der Waals surface area contributed by atoms with Crippen LogP contribution in [0.3, 0.4) is 0 Å². The van der Waals surface area contributed by atoms with Gasteiger partial charge in [0.1, 0.15) is 5.75 Å². The quantitative estimate of drug-likeness (QED) is 0.821. The lowest BCUT2D eigenvalue weighted by atomic mass is 10.2. The maximum atomic E-state index is 11.0. The van der Waals surface area contributed by atoms with E-state index in [2.05, 4.69) is 0 Å². The summed E-state index contributed by atoms with van der Waals surface area (Å²) in [7, 11) is 1.61. The van der Waals surface area contributed by atoms with E-state index in [9.17, 15) is 9.90 Å². The van der Waals surface area contributed by atoms with Crippen LogP contribution in [0.5, 0.6) is 5.75 Å². The summed E-state index contributed by atoms with van der Waals surface area (Å²) in [6.45, 7) is 3.63. The maximum absolute atomic E-state index is 11.0. The third kappa shape index (κ3) is 1.97. The van der Waals surface area contributed by atoms with Crippen molar-refractivity contribution < 1.29 is 14.6 Å². The highest BCUT2D eigenvalue weighted by Gasteiger charge is 2.11. The lowest BCUT2D eigenvalue weighted by molar-refractivity contribution is -0.255. The highest BCUT2D eigenvalue weighted by Crippen LogP contribution is 2.22. The molecule has 1 aromatic heterocycles. The van der Waals surface area contributed by atoms with E-state index in [1.807, 2.05) is 35.8 Å². The summed E-state index contributed by atoms with van der Waals surface area (Å²) in [5.74, 6) is -0.385. The summed E-state index contributed by atoms with van der Waals surface area (Å²) in [4.78, 5) is 11.0. The summed E-state index contributed by atoms with van der Waals surface area (Å²) in [6.07, 6.45) is 0. The molecular weight excluding hydrogens is 230 g/mol. The van der Waals surface area contributed by atoms with Crippen LogP contribution >= 0.6 is 0 Å². The number of aromatic nitrogens is 1. The van der Waals surface area contributed by atoms with Crippen molar-refractivity contribution in [1.82, 2.24) is 4.57 Å². The Morgan fingerprint density at radius 2 is 1.83 bits per heavy atom. The molecule has 0 saturated heterocycles. The largest absolute Gasteiger partial charge is 0.545 e. The van der Waals surface area contributed by atoms with Gasteiger partial charge in [0, 0.05) is 22.6 Å². The van der Waals surface area contributed by atoms with E-state index in [1.54, 1.807) is 20.1 Å². The van der Waals surface area contributed by atoms with Gasteiger partial charge in [-0.3, -0.25) is 0 Å². The number of ether oxygens (including phenoxy) is 1. The Kier molecular flexibility index (Phi) is 3.10. The Morgan fingerprint density at radius 1 is 1.22 bits per heavy atom. The van der Waals surface area contributed by atoms with E-state index in [4.69, 9.17) is 4.74 Å². The molecule has 0 spiro atoms. The van der Waals surface area contributed by atoms with Gasteiger partial charge in [0.15, 0.2) is 0 Å². The maximum Gasteiger partial charge on any atom is 0.119 e. The molecule has 94 valence electrons. The molecule has 2 rings (SSSR count). The number of hydrogen-bond acceptors (Lipinski definition) is 3. The first-order chi connectivity index (χ1) is 8.54. The minimum absolute atomic E-state index is 0.225. The van der Waals surface area contributed by atoms with Crippen LogP contribution in [0.2, 0.25) is 0 Å². The van der Waals surface area contributed by atoms with E-state index >= 15 is 0 Å². The molecule has 0 unspecified atom stereocenters. The zero-order valence-electron chi connectivity index (χ0n) is 10.6. The molecule has 0 aliphatic rings. The second-order valence-corrected chi connectivity index (χ2v) is 4.11. The number of benzene rings is 1. The average molecular weight is 244 g/mol. The summed E-state index contributed by atoms with van der Waals surface area (Å²) < 4.78 is 6.98. The van der Waals surface area contributed by atoms with Crippen LogP contribution in [0.15, 0.2) is 30.3 Å². The second-order valence-electron chi connectivity index (χ2n) is 4.11. The molecule has 0 fully saturated rings. The van der Waals surface area contributed by atoms with Crippen molar-refractivity contribution in [2.24, 2.45) is 0 Å². The Labute approximate surface area is 105 Å². The summed E-state index contributed by atoms with van der Waals surface area (Å²) >= 11 is 0. The molecule has 0 N–H and O–H groups in total. The highest BCUT2D eigenvalue weighted by molar-refractivity contribution is 5.87. The molecule has 4 heteroatoms. The molecule has 0 bridgehead atoms. The van der Waals surface area contributed by atoms with Crippen molar-refractivity contribution in [3.05, 3.63) is 47.3 Å². The normalized spacial score (nSPS) is 10.4. The number of carbonyl (C=O) groups is 1. The third-order valence-corrected chi connectivity index (χ3v) is 2.98. The second kappa shape index (κ2) is 4.56. The minimum atomic E-state index is -1.15. The highest BCUT2D eigenvalue weighted by atomic mass is 16.5. The van der Waals surface area contributed by atoms with E-state index < -0.39 is 5.97 Å². The van der Waals surface area contributed by atoms with Crippen LogP contribution < -0.4 is 9.84 Å². The van der Waals surface area contributed by atoms with Crippen molar-refractivity contribution in [1.29, 1.82) is 0 Å². The summed E-state index contributed by atoms with van der Waals surface area (Å²) in [5, 5.41) is 11.0. The number of carbonyl (C=O) groups excluding carboxylic acids is 1. The van der Waals surface area contributed by atoms with E-state index in [0.717, 1.165) is 17.1 Å². The number of aromatic carboxylic acids is 1. The molecule has 0 amide bonds. The topological polar surface area (TPSA) is 54.3 Å². The molecule has 0 aliphatic heterocycles. The number of hydrogen-bond donors (Lipinski definition) is 0. The standard InChI is InChI=1S/C14H15NO3/c1-9-8-13(14(16)17)10(2)15(9)11-4-6-12(18-3)7-5-11/h4-8H,1-3H3,(H,16,17)/p-1. The first kappa shape index (κ1) is 12.2. The molecule has 4 nitrogen and oxygen atoms in total. The predicted octanol–water partition coefficient (Wildman–Crippen LogP) is 1.47. The first-order valence-electron chi connectivity index (χ1n) is 5.59. The average Bonchev–Trinajstić information content (AvgIpc) is 2.65. The van der Waals surface area contributed by atoms with Gasteiger partial charge in [0.05, 0.1) is 13.1 Å². The van der Waals surface area contributed by atoms with Crippen LogP contribution in [-0.2, 0) is 0 Å². The fraction of sp³-hybridized carbons (Fsp3) is 0.214. The zero-order chi connectivity index (χ0) is 13.3. The molecule has 0 saturated carbocycles. The van der Waals surface area contributed by atoms with Gasteiger partial charge in [-0.15, -0.1) is 0 Å². The monoisotopic (exact) mass is 244 g/mol. The van der Waals surface area contributed by atoms with Gasteiger partial charge < -0.3 is 19.2 Å². The molecular formula is C14H14NO3-. The number of aryl methyl sites for hydroxylation is 1. The minimum Gasteiger partial charge on any atom is -0.545 e. The SMILES string of the molecule is COc1ccc(-n2c(C)cc(C(=O)[O-])c2C)cc1. The Balaban J connectivity index is 2.53. The molecule has 0 aliphatic carbocycles. The lowest BCUT2D eigenvalue weighted by Crippen LogP contribution is -2.22. The molecule has 2 aromatic rings. The van der Waals surface area contributed by atoms with Crippen LogP contribution in [0.4, 0.5) is 0 Å². The van der Waals surface area contributed by atoms with Crippen LogP contribution in [0.1, 0.15) is 21.7 Å². The Morgan fingerprint density at radius 3 is 2.28 bits per heavy atom. The zero-order valence-corrected chi connectivity index (χ0v) is 10.6. The van der Waals surface area contributed by atoms with Gasteiger partial charge in [0.25, 0.3) is 0 Å². The number of carboxylic acid groups (broad SMARTS) is 1. The van der Waals surface area contributed by atoms with Crippen LogP contribution in [0.25, 0.3) is 5.69 Å². The van der Waals surface area contributed by atoms with E-state index in [0.29, 0.717) is 5.69 Å². The first-order valence-corrected chi connectivity index (χ1v) is 5.59. The Bertz CT molecular complexity index is 582. The van der Waals surface area contributed by atoms with Gasteiger partial charge in [-0.2, -0.15) is 0 Å². The summed E-state index contributed by atoms with van der Waals surface area (Å²) in [6, 6.07) is 9.07. The molecule has 18 heavy (non-hydrogen) atoms. The number of methoxy groups -OCH3 is 1. The fourth-order valence-electron chi connectivity index (χ4n) is 2.10. The molecule has 0 radical (unpaired) electrons. The predicted molar refractivity (Wildman–Crippen MR) is 66.1 cm³/mol. The van der Waals surface area contributed by atoms with Crippen molar-refractivity contribution in [2.45, 2.75) is 13.8 Å². The Hall–Kier alpha value is -2.23. The van der Waals surface area contributed by atoms with Crippen LogP contribution in [0, 0.1) is 13.8 Å². The van der Waals surface area contributed by atoms with Crippen LogP contribution in [-0.4, -0.2) is 17.6 Å². The molecule has 1 heterocycles. The van der Waals surface area contributed by atoms with Crippen molar-refractivity contribution >= 4 is 5.97 Å². The van der Waals surface area contributed by atoms with Gasteiger partial charge in [-0.1, -0.05) is 0 Å². The van der Waals surface area contributed by atoms with E-state index in [-0.39, 0.29) is 5.56 Å². The fourth-order valence-corrected chi connectivity index (χ4v) is 2.10. The molecule has 0 atom stereocenters. The van der Waals surface area contributed by atoms with E-state index in [1.165, 1.54) is 0 Å². The van der Waals surface area contributed by atoms with Crippen molar-refractivity contribution in [3.8, 4) is 11.4 Å². The number of nitrogens with zero attached hydrogens (tertiary/aromatic N) is 1. The summed E-state index contributed by atoms with van der Waals surface area (Å²) in [5.41, 5.74) is 2.65. The van der Waals surface area contributed by atoms with Crippen molar-refractivity contribution in [3.63, 3.8) is 0 Å². The smallest absolute Gasteiger partial charge is 0.119 e. The number of carboxylic acids is 1. The van der Waals surface area contributed by atoms with Gasteiger partial charge >= 0.3 is 0 Å². The van der Waals surface area contributed by atoms with Gasteiger partial charge in [0.2, 0.25) is 0 Å². The van der Waals surface area contributed by atoms with Gasteiger partial charge in [-0.25, -0.2) is 0 Å².